The first-order valence-corrected chi connectivity index (χ1v) is 8.08. The number of alkyl halides is 3. The highest BCUT2D eigenvalue weighted by Crippen LogP contribution is 2.34. The Bertz CT molecular complexity index is 928. The number of halogens is 4. The van der Waals surface area contributed by atoms with E-state index in [0.717, 1.165) is 20.3 Å². The first kappa shape index (κ1) is 22.0. The van der Waals surface area contributed by atoms with E-state index in [4.69, 9.17) is 21.1 Å². The quantitative estimate of drug-likeness (QED) is 0.386. The average Bonchev–Trinajstić information content (AvgIpc) is 2.68. The van der Waals surface area contributed by atoms with Crippen molar-refractivity contribution in [2.75, 3.05) is 14.2 Å². The molecule has 0 N–H and O–H groups in total. The predicted molar refractivity (Wildman–Crippen MR) is 93.5 cm³/mol. The third-order valence-electron chi connectivity index (χ3n) is 3.24. The fourth-order valence-electron chi connectivity index (χ4n) is 1.87. The molecule has 1 aromatic carbocycles. The molecule has 0 aliphatic heterocycles. The maximum atomic E-state index is 12.6. The second-order valence-electron chi connectivity index (χ2n) is 5.21. The van der Waals surface area contributed by atoms with Crippen LogP contribution in [0.1, 0.15) is 5.56 Å². The predicted octanol–water partition coefficient (Wildman–Crippen LogP) is 4.15. The number of methoxy groups -OCH3 is 2. The van der Waals surface area contributed by atoms with Crippen LogP contribution in [0, 0.1) is 0 Å². The summed E-state index contributed by atoms with van der Waals surface area (Å²) in [7, 11) is 2.23. The van der Waals surface area contributed by atoms with E-state index in [-0.39, 0.29) is 22.4 Å². The fourth-order valence-corrected chi connectivity index (χ4v) is 2.07. The van der Waals surface area contributed by atoms with Crippen LogP contribution in [0.2, 0.25) is 5.02 Å². The average molecular weight is 432 g/mol. The van der Waals surface area contributed by atoms with Crippen LogP contribution in [0.4, 0.5) is 13.2 Å². The van der Waals surface area contributed by atoms with Crippen molar-refractivity contribution < 1.29 is 41.7 Å². The normalized spacial score (nSPS) is 11.6. The van der Waals surface area contributed by atoms with Gasteiger partial charge >= 0.3 is 18.1 Å². The number of hydrogen-bond donors (Lipinski definition) is 0. The minimum atomic E-state index is -4.58. The maximum Gasteiger partial charge on any atom is 0.417 e. The molecule has 0 atom stereocenters. The monoisotopic (exact) mass is 431 g/mol. The molecular weight excluding hydrogens is 419 g/mol. The molecule has 7 nitrogen and oxygen atoms in total. The van der Waals surface area contributed by atoms with E-state index >= 15 is 0 Å². The highest BCUT2D eigenvalue weighted by Gasteiger charge is 2.31. The number of benzene rings is 1. The molecule has 0 aliphatic rings. The Morgan fingerprint density at radius 2 is 1.69 bits per heavy atom. The summed E-state index contributed by atoms with van der Waals surface area (Å²) in [4.78, 5) is 26.5. The van der Waals surface area contributed by atoms with Crippen LogP contribution in [-0.2, 0) is 25.2 Å². The van der Waals surface area contributed by atoms with Crippen molar-refractivity contribution in [1.29, 1.82) is 0 Å². The van der Waals surface area contributed by atoms with Crippen LogP contribution < -0.4 is 9.47 Å². The Balaban J connectivity index is 2.15. The van der Waals surface area contributed by atoms with Crippen molar-refractivity contribution >= 4 is 23.5 Å². The van der Waals surface area contributed by atoms with Crippen LogP contribution in [0.25, 0.3) is 0 Å². The minimum Gasteiger partial charge on any atom is -0.466 e. The lowest BCUT2D eigenvalue weighted by molar-refractivity contribution is -0.140. The number of hydrogen-bond acceptors (Lipinski definition) is 7. The van der Waals surface area contributed by atoms with Gasteiger partial charge in [-0.1, -0.05) is 11.6 Å². The van der Waals surface area contributed by atoms with Gasteiger partial charge in [-0.15, -0.1) is 0 Å². The summed E-state index contributed by atoms with van der Waals surface area (Å²) in [5.41, 5.74) is -1.01. The Hall–Kier alpha value is -3.27. The lowest BCUT2D eigenvalue weighted by Gasteiger charge is -2.11. The smallest absolute Gasteiger partial charge is 0.417 e. The number of pyridine rings is 1. The summed E-state index contributed by atoms with van der Waals surface area (Å²) in [6.45, 7) is 0. The Morgan fingerprint density at radius 1 is 1.07 bits per heavy atom. The Kier molecular flexibility index (Phi) is 7.05. The van der Waals surface area contributed by atoms with E-state index in [1.807, 2.05) is 0 Å². The van der Waals surface area contributed by atoms with E-state index in [2.05, 4.69) is 14.5 Å². The van der Waals surface area contributed by atoms with Crippen molar-refractivity contribution in [2.24, 2.45) is 0 Å². The summed E-state index contributed by atoms with van der Waals surface area (Å²) in [6.07, 6.45) is -3.18. The zero-order valence-corrected chi connectivity index (χ0v) is 15.7. The third kappa shape index (κ3) is 6.11. The van der Waals surface area contributed by atoms with Gasteiger partial charge in [0.1, 0.15) is 16.5 Å². The maximum absolute atomic E-state index is 12.6. The molecule has 2 rings (SSSR count). The lowest BCUT2D eigenvalue weighted by Crippen LogP contribution is -2.13. The van der Waals surface area contributed by atoms with Gasteiger partial charge in [0.15, 0.2) is 0 Å². The molecule has 0 fully saturated rings. The lowest BCUT2D eigenvalue weighted by atomic mass is 10.3. The topological polar surface area (TPSA) is 84.0 Å². The summed E-state index contributed by atoms with van der Waals surface area (Å²) in [5, 5.41) is -0.325. The minimum absolute atomic E-state index is 0.143. The van der Waals surface area contributed by atoms with Crippen LogP contribution >= 0.6 is 11.6 Å². The van der Waals surface area contributed by atoms with Gasteiger partial charge in [-0.3, -0.25) is 0 Å². The Morgan fingerprint density at radius 3 is 2.21 bits per heavy atom. The molecule has 0 spiro atoms. The molecule has 0 saturated carbocycles. The second-order valence-corrected chi connectivity index (χ2v) is 5.61. The third-order valence-corrected chi connectivity index (χ3v) is 3.51. The van der Waals surface area contributed by atoms with Crippen molar-refractivity contribution in [3.8, 4) is 17.4 Å². The van der Waals surface area contributed by atoms with Gasteiger partial charge in [0.25, 0.3) is 0 Å². The molecular formula is C18H13ClF3NO6. The van der Waals surface area contributed by atoms with Gasteiger partial charge in [0.2, 0.25) is 11.6 Å². The van der Waals surface area contributed by atoms with Crippen molar-refractivity contribution in [3.05, 3.63) is 58.9 Å². The molecule has 2 aromatic rings. The first-order valence-electron chi connectivity index (χ1n) is 7.70. The van der Waals surface area contributed by atoms with E-state index < -0.39 is 29.4 Å². The second kappa shape index (κ2) is 9.28. The summed E-state index contributed by atoms with van der Waals surface area (Å²) < 4.78 is 57.5. The molecule has 1 aromatic heterocycles. The zero-order valence-electron chi connectivity index (χ0n) is 15.0. The molecule has 1 heterocycles. The highest BCUT2D eigenvalue weighted by molar-refractivity contribution is 6.31. The summed E-state index contributed by atoms with van der Waals surface area (Å²) in [5.74, 6) is -2.05. The number of esters is 2. The van der Waals surface area contributed by atoms with E-state index in [1.54, 1.807) is 0 Å². The molecule has 0 amide bonds. The van der Waals surface area contributed by atoms with Crippen LogP contribution in [-0.4, -0.2) is 31.1 Å². The molecule has 0 bridgehead atoms. The fraction of sp³-hybridized carbons (Fsp3) is 0.167. The summed E-state index contributed by atoms with van der Waals surface area (Å²) in [6, 6.07) is 6.22. The van der Waals surface area contributed by atoms with Crippen molar-refractivity contribution in [3.63, 3.8) is 0 Å². The number of carbonyl (C=O) groups excluding carboxylic acids is 2. The van der Waals surface area contributed by atoms with Crippen LogP contribution in [0.5, 0.6) is 17.4 Å². The number of nitrogens with zero attached hydrogens (tertiary/aromatic N) is 1. The van der Waals surface area contributed by atoms with Gasteiger partial charge < -0.3 is 18.9 Å². The van der Waals surface area contributed by atoms with E-state index in [0.29, 0.717) is 12.3 Å². The Labute approximate surface area is 167 Å². The number of carbonyl (C=O) groups is 2. The standard InChI is InChI=1S/C18H13ClF3NO6/c1-26-15(24)8-14(17(25)27-2)28-11-3-5-12(6-4-11)29-16-13(19)7-10(9-23-16)18(20,21)22/h3-9H,1-2H3. The molecule has 154 valence electrons. The molecule has 0 radical (unpaired) electrons. The SMILES string of the molecule is COC(=O)C=C(Oc1ccc(Oc2ncc(C(F)(F)F)cc2Cl)cc1)C(=O)OC. The summed E-state index contributed by atoms with van der Waals surface area (Å²) >= 11 is 5.78. The first-order chi connectivity index (χ1) is 13.6. The van der Waals surface area contributed by atoms with Gasteiger partial charge in [-0.05, 0) is 30.3 Å². The van der Waals surface area contributed by atoms with E-state index in [9.17, 15) is 22.8 Å². The zero-order chi connectivity index (χ0) is 21.6. The van der Waals surface area contributed by atoms with Gasteiger partial charge in [-0.25, -0.2) is 14.6 Å². The number of ether oxygens (including phenoxy) is 4. The molecule has 29 heavy (non-hydrogen) atoms. The number of aromatic nitrogens is 1. The van der Waals surface area contributed by atoms with Crippen LogP contribution in [0.3, 0.4) is 0 Å². The molecule has 0 saturated heterocycles. The molecule has 0 unspecified atom stereocenters. The van der Waals surface area contributed by atoms with Crippen molar-refractivity contribution in [1.82, 2.24) is 4.98 Å². The van der Waals surface area contributed by atoms with Gasteiger partial charge in [0.05, 0.1) is 25.9 Å². The van der Waals surface area contributed by atoms with Crippen molar-refractivity contribution in [2.45, 2.75) is 6.18 Å². The molecule has 0 aliphatic carbocycles. The van der Waals surface area contributed by atoms with Gasteiger partial charge in [0, 0.05) is 6.20 Å². The largest absolute Gasteiger partial charge is 0.466 e. The van der Waals surface area contributed by atoms with E-state index in [1.165, 1.54) is 24.3 Å². The number of rotatable bonds is 6. The molecule has 11 heteroatoms. The highest BCUT2D eigenvalue weighted by atomic mass is 35.5. The van der Waals surface area contributed by atoms with Gasteiger partial charge in [-0.2, -0.15) is 13.2 Å². The van der Waals surface area contributed by atoms with Crippen LogP contribution in [0.15, 0.2) is 48.4 Å².